The van der Waals surface area contributed by atoms with Gasteiger partial charge in [-0.2, -0.15) is 11.8 Å². The van der Waals surface area contributed by atoms with Crippen molar-refractivity contribution in [1.82, 2.24) is 36.0 Å². The minimum Gasteiger partial charge on any atom is -0.375 e. The number of carbonyl (C=O) groups is 2. The summed E-state index contributed by atoms with van der Waals surface area (Å²) in [6.45, 7) is 11.3. The Morgan fingerprint density at radius 1 is 1.05 bits per heavy atom. The molecule has 248 valence electrons. The van der Waals surface area contributed by atoms with Gasteiger partial charge >= 0.3 is 6.03 Å². The van der Waals surface area contributed by atoms with Crippen LogP contribution in [0.5, 0.6) is 0 Å². The van der Waals surface area contributed by atoms with Gasteiger partial charge in [0, 0.05) is 73.6 Å². The van der Waals surface area contributed by atoms with Crippen LogP contribution in [0.15, 0.2) is 12.7 Å². The van der Waals surface area contributed by atoms with E-state index in [9.17, 15) is 14.7 Å². The van der Waals surface area contributed by atoms with Gasteiger partial charge in [0.05, 0.1) is 18.4 Å². The molecule has 0 aromatic heterocycles. The number of hydrogen-bond acceptors (Lipinski definition) is 8. The lowest BCUT2D eigenvalue weighted by atomic mass is 9.72. The fraction of sp³-hybridized carbons (Fsp3) is 0.871. The zero-order valence-electron chi connectivity index (χ0n) is 26.0. The van der Waals surface area contributed by atoms with Crippen LogP contribution in [-0.2, 0) is 4.79 Å². The molecule has 6 rings (SSSR count). The van der Waals surface area contributed by atoms with Gasteiger partial charge < -0.3 is 26.0 Å². The maximum absolute atomic E-state index is 16.5. The maximum Gasteiger partial charge on any atom is 0.320 e. The van der Waals surface area contributed by atoms with Gasteiger partial charge in [-0.3, -0.25) is 19.9 Å². The standard InChI is InChI=1S/C31H51F2N7O3S/c1-4-24(42)38-11-13-39(14-12-38)29-18-16-20(33)27-25-19(32)6-5-7-21(25)35-23(41)9-15-44-22-8-10-34-26(17(2)3)28(22)40(30(18)36-27)31(43)37-29/h4,17-22,24-30,34,36,42H,1,5-16H2,2-3H3,(H,35,41)(H,37,43). The van der Waals surface area contributed by atoms with E-state index in [-0.39, 0.29) is 47.5 Å². The van der Waals surface area contributed by atoms with E-state index in [2.05, 4.69) is 46.6 Å². The van der Waals surface area contributed by atoms with Crippen LogP contribution >= 0.6 is 11.8 Å². The van der Waals surface area contributed by atoms with Crippen LogP contribution < -0.4 is 21.3 Å². The third-order valence-electron chi connectivity index (χ3n) is 11.1. The summed E-state index contributed by atoms with van der Waals surface area (Å²) in [6, 6.07) is -1.60. The van der Waals surface area contributed by atoms with Crippen LogP contribution in [-0.4, -0.2) is 131 Å². The van der Waals surface area contributed by atoms with E-state index in [1.54, 1.807) is 11.8 Å². The minimum absolute atomic E-state index is 0.0202. The Kier molecular flexibility index (Phi) is 10.1. The largest absolute Gasteiger partial charge is 0.375 e. The molecule has 6 fully saturated rings. The molecule has 0 aromatic rings. The third kappa shape index (κ3) is 6.25. The molecule has 1 aliphatic carbocycles. The number of nitrogens with zero attached hydrogens (tertiary/aromatic N) is 3. The predicted octanol–water partition coefficient (Wildman–Crippen LogP) is 1.62. The second-order valence-corrected chi connectivity index (χ2v) is 15.3. The number of aliphatic hydroxyl groups is 1. The molecule has 2 bridgehead atoms. The Labute approximate surface area is 264 Å². The minimum atomic E-state index is -1.33. The molecule has 13 heteroatoms. The van der Waals surface area contributed by atoms with E-state index in [0.29, 0.717) is 57.6 Å². The molecule has 5 heterocycles. The van der Waals surface area contributed by atoms with Crippen molar-refractivity contribution in [3.63, 3.8) is 0 Å². The molecule has 6 aliphatic rings. The average Bonchev–Trinajstić information content (AvgIpc) is 3.01. The number of amides is 3. The zero-order chi connectivity index (χ0) is 31.1. The van der Waals surface area contributed by atoms with Gasteiger partial charge in [0.25, 0.3) is 0 Å². The van der Waals surface area contributed by atoms with Crippen molar-refractivity contribution in [3.05, 3.63) is 12.7 Å². The number of halogens is 2. The summed E-state index contributed by atoms with van der Waals surface area (Å²) < 4.78 is 32.3. The highest BCUT2D eigenvalue weighted by Crippen LogP contribution is 2.42. The van der Waals surface area contributed by atoms with Gasteiger partial charge in [0.1, 0.15) is 18.6 Å². The number of carbonyl (C=O) groups excluding carboxylic acids is 2. The first-order chi connectivity index (χ1) is 21.2. The molecule has 1 saturated carbocycles. The summed E-state index contributed by atoms with van der Waals surface area (Å²) in [4.78, 5) is 33.6. The average molecular weight is 640 g/mol. The van der Waals surface area contributed by atoms with Crippen molar-refractivity contribution in [2.24, 2.45) is 17.8 Å². The maximum atomic E-state index is 16.5. The monoisotopic (exact) mass is 639 g/mol. The first-order valence-corrected chi connectivity index (χ1v) is 17.8. The number of rotatable bonds is 4. The van der Waals surface area contributed by atoms with Crippen LogP contribution in [0, 0.1) is 17.8 Å². The van der Waals surface area contributed by atoms with Crippen molar-refractivity contribution >= 4 is 23.7 Å². The molecule has 0 spiro atoms. The normalized spacial score (nSPS) is 43.3. The Hall–Kier alpha value is -1.51. The van der Waals surface area contributed by atoms with Gasteiger partial charge in [-0.05, 0) is 50.6 Å². The van der Waals surface area contributed by atoms with E-state index >= 15 is 8.78 Å². The van der Waals surface area contributed by atoms with Crippen LogP contribution in [0.2, 0.25) is 0 Å². The molecule has 5 saturated heterocycles. The number of fused-ring (bicyclic) bond motifs is 5. The van der Waals surface area contributed by atoms with Crippen LogP contribution in [0.1, 0.15) is 52.4 Å². The van der Waals surface area contributed by atoms with Gasteiger partial charge in [-0.15, -0.1) is 0 Å². The molecular weight excluding hydrogens is 588 g/mol. The predicted molar refractivity (Wildman–Crippen MR) is 167 cm³/mol. The molecular formula is C31H51F2N7O3S. The van der Waals surface area contributed by atoms with Crippen LogP contribution in [0.4, 0.5) is 13.6 Å². The van der Waals surface area contributed by atoms with E-state index < -0.39 is 48.9 Å². The van der Waals surface area contributed by atoms with E-state index in [1.165, 1.54) is 6.08 Å². The molecule has 0 radical (unpaired) electrons. The highest BCUT2D eigenvalue weighted by molar-refractivity contribution is 8.00. The van der Waals surface area contributed by atoms with Gasteiger partial charge in [-0.1, -0.05) is 20.4 Å². The summed E-state index contributed by atoms with van der Waals surface area (Å²) in [5, 5.41) is 24.1. The molecule has 5 aliphatic heterocycles. The number of alkyl halides is 2. The topological polar surface area (TPSA) is 112 Å². The SMILES string of the molecule is C=CC(O)N1CCN(C2NC(=O)N3C4NC(C(F)CC24)C2C(F)CCCC2NC(=O)CCSC2CCNC(C(C)C)C23)CC1. The lowest BCUT2D eigenvalue weighted by molar-refractivity contribution is -0.123. The Balaban J connectivity index is 1.37. The lowest BCUT2D eigenvalue weighted by Crippen LogP contribution is -2.80. The van der Waals surface area contributed by atoms with Crippen molar-refractivity contribution in [2.45, 2.75) is 113 Å². The molecule has 44 heavy (non-hydrogen) atoms. The van der Waals surface area contributed by atoms with Crippen LogP contribution in [0.3, 0.4) is 0 Å². The second-order valence-electron chi connectivity index (χ2n) is 13.9. The quantitative estimate of drug-likeness (QED) is 0.295. The smallest absolute Gasteiger partial charge is 0.320 e. The number of thioether (sulfide) groups is 1. The summed E-state index contributed by atoms with van der Waals surface area (Å²) in [6.07, 6.45) is 0.332. The molecule has 10 nitrogen and oxygen atoms in total. The van der Waals surface area contributed by atoms with E-state index in [0.717, 1.165) is 13.0 Å². The van der Waals surface area contributed by atoms with Crippen molar-refractivity contribution in [1.29, 1.82) is 0 Å². The first-order valence-electron chi connectivity index (χ1n) is 16.7. The highest BCUT2D eigenvalue weighted by atomic mass is 32.2. The van der Waals surface area contributed by atoms with E-state index in [4.69, 9.17) is 0 Å². The molecule has 5 N–H and O–H groups in total. The highest BCUT2D eigenvalue weighted by Gasteiger charge is 2.57. The number of hydrogen-bond donors (Lipinski definition) is 5. The lowest BCUT2D eigenvalue weighted by Gasteiger charge is -2.59. The number of aliphatic hydroxyl groups excluding tert-OH is 1. The molecule has 3 amide bonds. The zero-order valence-corrected chi connectivity index (χ0v) is 26.9. The van der Waals surface area contributed by atoms with E-state index in [1.807, 2.05) is 9.80 Å². The molecule has 12 atom stereocenters. The Bertz CT molecular complexity index is 1050. The number of urea groups is 1. The third-order valence-corrected chi connectivity index (χ3v) is 12.5. The summed E-state index contributed by atoms with van der Waals surface area (Å²) in [5.41, 5.74) is 0. The molecule has 0 aromatic carbocycles. The summed E-state index contributed by atoms with van der Waals surface area (Å²) >= 11 is 1.75. The fourth-order valence-corrected chi connectivity index (χ4v) is 10.3. The van der Waals surface area contributed by atoms with Crippen molar-refractivity contribution in [2.75, 3.05) is 38.5 Å². The van der Waals surface area contributed by atoms with Crippen molar-refractivity contribution in [3.8, 4) is 0 Å². The second kappa shape index (κ2) is 13.7. The van der Waals surface area contributed by atoms with Gasteiger partial charge in [0.2, 0.25) is 5.91 Å². The Morgan fingerprint density at radius 2 is 1.82 bits per heavy atom. The van der Waals surface area contributed by atoms with Gasteiger partial charge in [-0.25, -0.2) is 13.6 Å². The summed E-state index contributed by atoms with van der Waals surface area (Å²) in [7, 11) is 0. The summed E-state index contributed by atoms with van der Waals surface area (Å²) in [5.74, 6) is -0.222. The van der Waals surface area contributed by atoms with Crippen molar-refractivity contribution < 1.29 is 23.5 Å². The Morgan fingerprint density at radius 3 is 2.55 bits per heavy atom. The van der Waals surface area contributed by atoms with Gasteiger partial charge in [0.15, 0.2) is 0 Å². The number of nitrogens with one attached hydrogen (secondary N) is 4. The first kappa shape index (κ1) is 32.4. The number of piperidine rings is 2. The fourth-order valence-electron chi connectivity index (χ4n) is 8.92. The number of piperazine rings is 1. The molecule has 12 unspecified atom stereocenters. The van der Waals surface area contributed by atoms with Crippen LogP contribution in [0.25, 0.3) is 0 Å².